The van der Waals surface area contributed by atoms with E-state index in [0.29, 0.717) is 5.82 Å². The largest absolute Gasteiger partial charge is 0.369 e. The van der Waals surface area contributed by atoms with E-state index >= 15 is 0 Å². The zero-order valence-electron chi connectivity index (χ0n) is 9.34. The van der Waals surface area contributed by atoms with E-state index in [4.69, 9.17) is 0 Å². The third kappa shape index (κ3) is 1.64. The van der Waals surface area contributed by atoms with Gasteiger partial charge in [0.2, 0.25) is 0 Å². The van der Waals surface area contributed by atoms with Gasteiger partial charge >= 0.3 is 0 Å². The number of nitrogens with zero attached hydrogens (tertiary/aromatic N) is 2. The molecule has 2 rings (SSSR count). The van der Waals surface area contributed by atoms with E-state index in [1.807, 2.05) is 11.5 Å². The fraction of sp³-hybridized carbons (Fsp3) is 0.636. The van der Waals surface area contributed by atoms with Crippen LogP contribution in [0.1, 0.15) is 31.2 Å². The van der Waals surface area contributed by atoms with Crippen molar-refractivity contribution in [1.82, 2.24) is 9.55 Å². The second-order valence-corrected chi connectivity index (χ2v) is 3.86. The molecule has 0 saturated heterocycles. The van der Waals surface area contributed by atoms with E-state index in [1.165, 1.54) is 12.8 Å². The summed E-state index contributed by atoms with van der Waals surface area (Å²) < 4.78 is 1.85. The normalized spacial score (nSPS) is 14.8. The van der Waals surface area contributed by atoms with Gasteiger partial charge in [-0.3, -0.25) is 4.79 Å². The fourth-order valence-electron chi connectivity index (χ4n) is 2.22. The maximum Gasteiger partial charge on any atom is 0.293 e. The topological polar surface area (TPSA) is 46.9 Å². The first-order valence-electron chi connectivity index (χ1n) is 5.58. The molecule has 15 heavy (non-hydrogen) atoms. The molecular weight excluding hydrogens is 190 g/mol. The predicted molar refractivity (Wildman–Crippen MR) is 60.4 cm³/mol. The second-order valence-electron chi connectivity index (χ2n) is 3.86. The van der Waals surface area contributed by atoms with Crippen LogP contribution in [0.2, 0.25) is 0 Å². The van der Waals surface area contributed by atoms with Crippen LogP contribution >= 0.6 is 0 Å². The van der Waals surface area contributed by atoms with Crippen molar-refractivity contribution in [3.8, 4) is 0 Å². The molecule has 0 fully saturated rings. The lowest BCUT2D eigenvalue weighted by Crippen LogP contribution is -2.29. The Kier molecular flexibility index (Phi) is 2.75. The predicted octanol–water partition coefficient (Wildman–Crippen LogP) is 1.18. The molecule has 82 valence electrons. The van der Waals surface area contributed by atoms with Gasteiger partial charge in [-0.15, -0.1) is 0 Å². The van der Waals surface area contributed by atoms with E-state index in [9.17, 15) is 4.79 Å². The minimum atomic E-state index is 0.0145. The first-order chi connectivity index (χ1) is 7.27. The summed E-state index contributed by atoms with van der Waals surface area (Å²) in [6, 6.07) is 0. The highest BCUT2D eigenvalue weighted by molar-refractivity contribution is 5.34. The zero-order valence-corrected chi connectivity index (χ0v) is 9.34. The fourth-order valence-corrected chi connectivity index (χ4v) is 2.22. The van der Waals surface area contributed by atoms with Crippen LogP contribution in [-0.4, -0.2) is 16.6 Å². The minimum Gasteiger partial charge on any atom is -0.369 e. The van der Waals surface area contributed by atoms with Crippen molar-refractivity contribution in [3.63, 3.8) is 0 Å². The van der Waals surface area contributed by atoms with E-state index in [1.54, 1.807) is 7.05 Å². The third-order valence-corrected chi connectivity index (χ3v) is 2.98. The Bertz CT molecular complexity index is 423. The molecule has 1 aliphatic rings. The number of nitrogens with one attached hydrogen (secondary N) is 1. The second kappa shape index (κ2) is 4.04. The molecule has 4 nitrogen and oxygen atoms in total. The van der Waals surface area contributed by atoms with Gasteiger partial charge in [-0.2, -0.15) is 0 Å². The zero-order chi connectivity index (χ0) is 10.8. The molecule has 1 N–H and O–H groups in total. The molecule has 0 saturated carbocycles. The van der Waals surface area contributed by atoms with Crippen LogP contribution in [-0.2, 0) is 19.4 Å². The molecule has 0 bridgehead atoms. The summed E-state index contributed by atoms with van der Waals surface area (Å²) in [5, 5.41) is 2.88. The molecule has 4 heteroatoms. The average Bonchev–Trinajstić information content (AvgIpc) is 2.28. The summed E-state index contributed by atoms with van der Waals surface area (Å²) >= 11 is 0. The average molecular weight is 207 g/mol. The summed E-state index contributed by atoms with van der Waals surface area (Å²) in [6.45, 7) is 2.74. The highest BCUT2D eigenvalue weighted by Gasteiger charge is 2.17. The SMILES string of the molecule is CCn1c2c(nc(NC)c1=O)CCCC2. The van der Waals surface area contributed by atoms with Gasteiger partial charge in [0.15, 0.2) is 5.82 Å². The Morgan fingerprint density at radius 3 is 2.80 bits per heavy atom. The highest BCUT2D eigenvalue weighted by Crippen LogP contribution is 2.19. The lowest BCUT2D eigenvalue weighted by molar-refractivity contribution is 0.577. The number of hydrogen-bond donors (Lipinski definition) is 1. The maximum absolute atomic E-state index is 11.9. The molecule has 0 atom stereocenters. The summed E-state index contributed by atoms with van der Waals surface area (Å²) in [5.74, 6) is 0.484. The van der Waals surface area contributed by atoms with Crippen LogP contribution in [0.25, 0.3) is 0 Å². The van der Waals surface area contributed by atoms with Crippen LogP contribution in [0, 0.1) is 0 Å². The summed E-state index contributed by atoms with van der Waals surface area (Å²) in [4.78, 5) is 16.3. The van der Waals surface area contributed by atoms with Crippen LogP contribution in [0.5, 0.6) is 0 Å². The van der Waals surface area contributed by atoms with Crippen molar-refractivity contribution in [2.75, 3.05) is 12.4 Å². The van der Waals surface area contributed by atoms with Crippen LogP contribution in [0.3, 0.4) is 0 Å². The molecule has 0 aliphatic heterocycles. The number of fused-ring (bicyclic) bond motifs is 1. The Morgan fingerprint density at radius 2 is 2.13 bits per heavy atom. The molecule has 0 unspecified atom stereocenters. The molecule has 1 heterocycles. The number of hydrogen-bond acceptors (Lipinski definition) is 3. The molecule has 0 aromatic carbocycles. The molecule has 1 aliphatic carbocycles. The standard InChI is InChI=1S/C11H17N3O/c1-3-14-9-7-5-4-6-8(9)13-10(12-2)11(14)15/h3-7H2,1-2H3,(H,12,13). The number of aromatic nitrogens is 2. The first kappa shape index (κ1) is 10.2. The minimum absolute atomic E-state index is 0.0145. The molecular formula is C11H17N3O. The quantitative estimate of drug-likeness (QED) is 0.792. The number of anilines is 1. The molecule has 0 radical (unpaired) electrons. The van der Waals surface area contributed by atoms with Crippen LogP contribution in [0.15, 0.2) is 4.79 Å². The monoisotopic (exact) mass is 207 g/mol. The summed E-state index contributed by atoms with van der Waals surface area (Å²) in [5.41, 5.74) is 2.26. The number of rotatable bonds is 2. The summed E-state index contributed by atoms with van der Waals surface area (Å²) in [7, 11) is 1.75. The lowest BCUT2D eigenvalue weighted by atomic mass is 10.00. The lowest BCUT2D eigenvalue weighted by Gasteiger charge is -2.20. The van der Waals surface area contributed by atoms with Gasteiger partial charge in [-0.05, 0) is 32.6 Å². The molecule has 1 aromatic heterocycles. The third-order valence-electron chi connectivity index (χ3n) is 2.98. The van der Waals surface area contributed by atoms with Gasteiger partial charge in [0.1, 0.15) is 0 Å². The van der Waals surface area contributed by atoms with Gasteiger partial charge in [0.05, 0.1) is 5.69 Å². The van der Waals surface area contributed by atoms with Crippen LogP contribution < -0.4 is 10.9 Å². The number of aryl methyl sites for hydroxylation is 1. The van der Waals surface area contributed by atoms with Crippen molar-refractivity contribution in [2.45, 2.75) is 39.2 Å². The van der Waals surface area contributed by atoms with E-state index in [-0.39, 0.29) is 5.56 Å². The Balaban J connectivity index is 2.63. The van der Waals surface area contributed by atoms with E-state index in [2.05, 4.69) is 10.3 Å². The summed E-state index contributed by atoms with van der Waals surface area (Å²) in [6.07, 6.45) is 4.36. The van der Waals surface area contributed by atoms with Gasteiger partial charge in [0.25, 0.3) is 5.56 Å². The Labute approximate surface area is 89.3 Å². The van der Waals surface area contributed by atoms with Gasteiger partial charge in [-0.25, -0.2) is 4.98 Å². The molecule has 0 amide bonds. The first-order valence-corrected chi connectivity index (χ1v) is 5.58. The van der Waals surface area contributed by atoms with Crippen molar-refractivity contribution < 1.29 is 0 Å². The van der Waals surface area contributed by atoms with E-state index in [0.717, 1.165) is 30.8 Å². The Hall–Kier alpha value is -1.32. The molecule has 0 spiro atoms. The van der Waals surface area contributed by atoms with Crippen molar-refractivity contribution >= 4 is 5.82 Å². The van der Waals surface area contributed by atoms with Crippen molar-refractivity contribution in [2.24, 2.45) is 0 Å². The van der Waals surface area contributed by atoms with Crippen LogP contribution in [0.4, 0.5) is 5.82 Å². The maximum atomic E-state index is 11.9. The highest BCUT2D eigenvalue weighted by atomic mass is 16.1. The van der Waals surface area contributed by atoms with Gasteiger partial charge in [0, 0.05) is 19.3 Å². The molecule has 1 aromatic rings. The van der Waals surface area contributed by atoms with Gasteiger partial charge < -0.3 is 9.88 Å². The van der Waals surface area contributed by atoms with Crippen molar-refractivity contribution in [3.05, 3.63) is 21.7 Å². The smallest absolute Gasteiger partial charge is 0.293 e. The van der Waals surface area contributed by atoms with E-state index < -0.39 is 0 Å². The Morgan fingerprint density at radius 1 is 1.40 bits per heavy atom. The van der Waals surface area contributed by atoms with Gasteiger partial charge in [-0.1, -0.05) is 0 Å². The van der Waals surface area contributed by atoms with Crippen molar-refractivity contribution in [1.29, 1.82) is 0 Å².